The highest BCUT2D eigenvalue weighted by Gasteiger charge is 2.25. The van der Waals surface area contributed by atoms with Crippen LogP contribution in [-0.2, 0) is 4.74 Å². The third-order valence-corrected chi connectivity index (χ3v) is 3.09. The van der Waals surface area contributed by atoms with E-state index in [1.807, 2.05) is 6.92 Å². The molecule has 2 unspecified atom stereocenters. The van der Waals surface area contributed by atoms with Gasteiger partial charge in [0.2, 0.25) is 0 Å². The summed E-state index contributed by atoms with van der Waals surface area (Å²) in [5, 5.41) is 3.34. The van der Waals surface area contributed by atoms with Crippen molar-refractivity contribution in [3.63, 3.8) is 0 Å². The van der Waals surface area contributed by atoms with Gasteiger partial charge in [0.25, 0.3) is 0 Å². The third kappa shape index (κ3) is 3.01. The van der Waals surface area contributed by atoms with Crippen LogP contribution in [0.1, 0.15) is 31.4 Å². The molecule has 0 aromatic heterocycles. The van der Waals surface area contributed by atoms with Crippen LogP contribution in [0.15, 0.2) is 18.2 Å². The van der Waals surface area contributed by atoms with Gasteiger partial charge in [-0.1, -0.05) is 13.0 Å². The topological polar surface area (TPSA) is 21.3 Å². The molecule has 1 N–H and O–H groups in total. The molecule has 2 nitrogen and oxygen atoms in total. The molecule has 0 amide bonds. The Morgan fingerprint density at radius 2 is 2.24 bits per heavy atom. The molecule has 1 aromatic rings. The number of halogens is 2. The molecule has 17 heavy (non-hydrogen) atoms. The maximum absolute atomic E-state index is 13.6. The summed E-state index contributed by atoms with van der Waals surface area (Å²) in [6, 6.07) is 4.01. The molecule has 1 heterocycles. The van der Waals surface area contributed by atoms with Gasteiger partial charge in [-0.2, -0.15) is 0 Å². The predicted octanol–water partition coefficient (Wildman–Crippen LogP) is 2.79. The van der Waals surface area contributed by atoms with Gasteiger partial charge in [0, 0.05) is 24.3 Å². The quantitative estimate of drug-likeness (QED) is 0.878. The molecule has 1 fully saturated rings. The summed E-state index contributed by atoms with van der Waals surface area (Å²) in [5.74, 6) is -1.07. The molecule has 0 radical (unpaired) electrons. The first-order valence-corrected chi connectivity index (χ1v) is 6.00. The molecule has 2 atom stereocenters. The number of rotatable bonds is 3. The minimum atomic E-state index is -0.551. The Morgan fingerprint density at radius 3 is 2.94 bits per heavy atom. The zero-order chi connectivity index (χ0) is 12.3. The molecule has 1 aliphatic rings. The summed E-state index contributed by atoms with van der Waals surface area (Å²) in [7, 11) is 0. The molecule has 0 aliphatic carbocycles. The Morgan fingerprint density at radius 1 is 1.41 bits per heavy atom. The Hall–Kier alpha value is -1.00. The number of nitrogens with one attached hydrogen (secondary N) is 1. The lowest BCUT2D eigenvalue weighted by Gasteiger charge is -2.30. The zero-order valence-corrected chi connectivity index (χ0v) is 9.88. The van der Waals surface area contributed by atoms with Crippen LogP contribution < -0.4 is 5.32 Å². The molecule has 1 aromatic carbocycles. The van der Waals surface area contributed by atoms with Crippen LogP contribution >= 0.6 is 0 Å². The number of ether oxygens (including phenoxy) is 1. The van der Waals surface area contributed by atoms with Crippen molar-refractivity contribution in [2.24, 2.45) is 0 Å². The monoisotopic (exact) mass is 241 g/mol. The fourth-order valence-electron chi connectivity index (χ4n) is 2.25. The fraction of sp³-hybridized carbons (Fsp3) is 0.538. The molecule has 94 valence electrons. The molecular weight excluding hydrogens is 224 g/mol. The molecule has 4 heteroatoms. The van der Waals surface area contributed by atoms with Crippen molar-refractivity contribution in [1.82, 2.24) is 5.32 Å². The van der Waals surface area contributed by atoms with Gasteiger partial charge in [0.15, 0.2) is 0 Å². The Balaban J connectivity index is 2.10. The summed E-state index contributed by atoms with van der Waals surface area (Å²) < 4.78 is 32.0. The second kappa shape index (κ2) is 5.56. The predicted molar refractivity (Wildman–Crippen MR) is 61.7 cm³/mol. The van der Waals surface area contributed by atoms with Crippen LogP contribution in [0, 0.1) is 11.6 Å². The van der Waals surface area contributed by atoms with Crippen LogP contribution in [0.3, 0.4) is 0 Å². The van der Waals surface area contributed by atoms with Crippen molar-refractivity contribution in [2.75, 3.05) is 13.2 Å². The summed E-state index contributed by atoms with van der Waals surface area (Å²) >= 11 is 0. The van der Waals surface area contributed by atoms with Gasteiger partial charge in [-0.25, -0.2) is 8.78 Å². The highest BCUT2D eigenvalue weighted by Crippen LogP contribution is 2.30. The van der Waals surface area contributed by atoms with E-state index >= 15 is 0 Å². The first-order valence-electron chi connectivity index (χ1n) is 6.00. The Labute approximate surface area is 100.0 Å². The van der Waals surface area contributed by atoms with Gasteiger partial charge in [0.1, 0.15) is 11.6 Å². The first kappa shape index (κ1) is 12.5. The molecule has 0 spiro atoms. The average molecular weight is 241 g/mol. The van der Waals surface area contributed by atoms with Crippen LogP contribution in [0.4, 0.5) is 8.78 Å². The second-order valence-corrected chi connectivity index (χ2v) is 4.30. The molecule has 0 saturated carbocycles. The standard InChI is InChI=1S/C13H17F2NO/c1-2-16-10-5-6-17-13(8-10)11-4-3-9(14)7-12(11)15/h3-4,7,10,13,16H,2,5-6,8H2,1H3. The van der Waals surface area contributed by atoms with Gasteiger partial charge in [0.05, 0.1) is 6.10 Å². The van der Waals surface area contributed by atoms with Gasteiger partial charge < -0.3 is 10.1 Å². The summed E-state index contributed by atoms with van der Waals surface area (Å²) in [4.78, 5) is 0. The van der Waals surface area contributed by atoms with E-state index < -0.39 is 11.6 Å². The lowest BCUT2D eigenvalue weighted by atomic mass is 9.97. The number of hydrogen-bond donors (Lipinski definition) is 1. The lowest BCUT2D eigenvalue weighted by molar-refractivity contribution is -0.00139. The Bertz CT molecular complexity index is 382. The highest BCUT2D eigenvalue weighted by atomic mass is 19.1. The van der Waals surface area contributed by atoms with Crippen LogP contribution in [0.5, 0.6) is 0 Å². The van der Waals surface area contributed by atoms with Crippen molar-refractivity contribution in [3.05, 3.63) is 35.4 Å². The second-order valence-electron chi connectivity index (χ2n) is 4.30. The summed E-state index contributed by atoms with van der Waals surface area (Å²) in [6.07, 6.45) is 1.40. The minimum absolute atomic E-state index is 0.270. The van der Waals surface area contributed by atoms with Crippen LogP contribution in [0.25, 0.3) is 0 Å². The van der Waals surface area contributed by atoms with E-state index in [9.17, 15) is 8.78 Å². The van der Waals surface area contributed by atoms with Crippen LogP contribution in [-0.4, -0.2) is 19.2 Å². The van der Waals surface area contributed by atoms with Crippen LogP contribution in [0.2, 0.25) is 0 Å². The molecule has 1 aliphatic heterocycles. The van der Waals surface area contributed by atoms with Gasteiger partial charge in [-0.15, -0.1) is 0 Å². The molecule has 0 bridgehead atoms. The lowest BCUT2D eigenvalue weighted by Crippen LogP contribution is -2.36. The maximum atomic E-state index is 13.6. The third-order valence-electron chi connectivity index (χ3n) is 3.09. The largest absolute Gasteiger partial charge is 0.373 e. The van der Waals surface area contributed by atoms with E-state index in [2.05, 4.69) is 5.32 Å². The summed E-state index contributed by atoms with van der Waals surface area (Å²) in [5.41, 5.74) is 0.453. The van der Waals surface area contributed by atoms with Crippen molar-refractivity contribution in [3.8, 4) is 0 Å². The van der Waals surface area contributed by atoms with Gasteiger partial charge in [-0.05, 0) is 25.5 Å². The normalized spacial score (nSPS) is 24.9. The van der Waals surface area contributed by atoms with E-state index in [0.29, 0.717) is 18.2 Å². The van der Waals surface area contributed by atoms with Gasteiger partial charge >= 0.3 is 0 Å². The SMILES string of the molecule is CCNC1CCOC(c2ccc(F)cc2F)C1. The zero-order valence-electron chi connectivity index (χ0n) is 9.88. The minimum Gasteiger partial charge on any atom is -0.373 e. The van der Waals surface area contributed by atoms with E-state index in [1.165, 1.54) is 12.1 Å². The highest BCUT2D eigenvalue weighted by molar-refractivity contribution is 5.21. The first-order chi connectivity index (χ1) is 8.20. The molecule has 1 saturated heterocycles. The summed E-state index contributed by atoms with van der Waals surface area (Å²) in [6.45, 7) is 3.55. The fourth-order valence-corrected chi connectivity index (χ4v) is 2.25. The van der Waals surface area contributed by atoms with E-state index in [1.54, 1.807) is 0 Å². The van der Waals surface area contributed by atoms with E-state index in [4.69, 9.17) is 4.74 Å². The Kier molecular flexibility index (Phi) is 4.07. The maximum Gasteiger partial charge on any atom is 0.131 e. The smallest absolute Gasteiger partial charge is 0.131 e. The molecule has 2 rings (SSSR count). The van der Waals surface area contributed by atoms with Crippen molar-refractivity contribution in [2.45, 2.75) is 31.9 Å². The average Bonchev–Trinajstić information content (AvgIpc) is 2.29. The number of benzene rings is 1. The van der Waals surface area contributed by atoms with E-state index in [0.717, 1.165) is 25.5 Å². The van der Waals surface area contributed by atoms with Crippen molar-refractivity contribution >= 4 is 0 Å². The molecular formula is C13H17F2NO. The number of hydrogen-bond acceptors (Lipinski definition) is 2. The van der Waals surface area contributed by atoms with E-state index in [-0.39, 0.29) is 6.10 Å². The van der Waals surface area contributed by atoms with Crippen molar-refractivity contribution in [1.29, 1.82) is 0 Å². The van der Waals surface area contributed by atoms with Crippen molar-refractivity contribution < 1.29 is 13.5 Å². The van der Waals surface area contributed by atoms with Gasteiger partial charge in [-0.3, -0.25) is 0 Å².